The Morgan fingerprint density at radius 1 is 1.30 bits per heavy atom. The standard InChI is InChI=1S/C19H20FN3O3S/c20-12-7-11-13(23-5-6-27-17(23)15(16(11)24)18(25)26)8-14(12)22-4-2-19(10-22)1-3-21-9-19/h7-8,21H,1-6,9-10H2,(H,25,26). The van der Waals surface area contributed by atoms with Gasteiger partial charge in [-0.15, -0.1) is 11.8 Å². The van der Waals surface area contributed by atoms with Crippen LogP contribution in [-0.2, 0) is 6.54 Å². The lowest BCUT2D eigenvalue weighted by molar-refractivity contribution is 0.0690. The van der Waals surface area contributed by atoms with Gasteiger partial charge in [-0.25, -0.2) is 9.18 Å². The molecule has 2 saturated heterocycles. The summed E-state index contributed by atoms with van der Waals surface area (Å²) in [5.41, 5.74) is 0.520. The Balaban J connectivity index is 1.66. The smallest absolute Gasteiger partial charge is 0.342 e. The number of nitrogens with zero attached hydrogens (tertiary/aromatic N) is 2. The third-order valence-corrected chi connectivity index (χ3v) is 7.25. The summed E-state index contributed by atoms with van der Waals surface area (Å²) in [7, 11) is 0. The summed E-state index contributed by atoms with van der Waals surface area (Å²) in [6.45, 7) is 4.19. The quantitative estimate of drug-likeness (QED) is 0.820. The topological polar surface area (TPSA) is 74.6 Å². The van der Waals surface area contributed by atoms with Crippen molar-refractivity contribution in [2.75, 3.05) is 36.8 Å². The van der Waals surface area contributed by atoms with Crippen LogP contribution >= 0.6 is 11.8 Å². The SMILES string of the molecule is O=C(O)c1c2n(c3cc(N4CCC5(CCNC5)C4)c(F)cc3c1=O)CCS2. The molecule has 0 bridgehead atoms. The second-order valence-corrected chi connectivity index (χ2v) is 8.82. The van der Waals surface area contributed by atoms with Gasteiger partial charge in [-0.3, -0.25) is 4.79 Å². The van der Waals surface area contributed by atoms with Crippen LogP contribution in [0.25, 0.3) is 10.9 Å². The van der Waals surface area contributed by atoms with E-state index >= 15 is 0 Å². The molecule has 3 aliphatic rings. The number of carboxylic acid groups (broad SMARTS) is 1. The van der Waals surface area contributed by atoms with Crippen LogP contribution in [0.2, 0.25) is 0 Å². The zero-order chi connectivity index (χ0) is 18.8. The predicted molar refractivity (Wildman–Crippen MR) is 103 cm³/mol. The van der Waals surface area contributed by atoms with Gasteiger partial charge in [0.2, 0.25) is 5.43 Å². The maximum atomic E-state index is 15.0. The number of aromatic nitrogens is 1. The minimum atomic E-state index is -1.25. The van der Waals surface area contributed by atoms with Crippen LogP contribution in [0.3, 0.4) is 0 Å². The molecule has 1 aromatic heterocycles. The van der Waals surface area contributed by atoms with Crippen molar-refractivity contribution in [1.82, 2.24) is 9.88 Å². The van der Waals surface area contributed by atoms with Crippen LogP contribution in [0.15, 0.2) is 22.0 Å². The molecule has 27 heavy (non-hydrogen) atoms. The molecule has 1 spiro atoms. The van der Waals surface area contributed by atoms with Gasteiger partial charge >= 0.3 is 5.97 Å². The Morgan fingerprint density at radius 3 is 2.89 bits per heavy atom. The minimum absolute atomic E-state index is 0.149. The highest BCUT2D eigenvalue weighted by Gasteiger charge is 2.41. The van der Waals surface area contributed by atoms with Gasteiger partial charge in [0.05, 0.1) is 16.2 Å². The fourth-order valence-electron chi connectivity index (χ4n) is 4.75. The van der Waals surface area contributed by atoms with E-state index in [-0.39, 0.29) is 16.4 Å². The van der Waals surface area contributed by atoms with Gasteiger partial charge in [0, 0.05) is 42.7 Å². The van der Waals surface area contributed by atoms with E-state index in [9.17, 15) is 19.1 Å². The average Bonchev–Trinajstić information content (AvgIpc) is 3.37. The van der Waals surface area contributed by atoms with Crippen molar-refractivity contribution in [3.63, 3.8) is 0 Å². The Labute approximate surface area is 159 Å². The van der Waals surface area contributed by atoms with Gasteiger partial charge in [-0.2, -0.15) is 0 Å². The van der Waals surface area contributed by atoms with Crippen LogP contribution in [-0.4, -0.2) is 47.6 Å². The molecule has 2 aromatic rings. The van der Waals surface area contributed by atoms with Gasteiger partial charge in [0.25, 0.3) is 0 Å². The molecule has 2 N–H and O–H groups in total. The second-order valence-electron chi connectivity index (χ2n) is 7.73. The predicted octanol–water partition coefficient (Wildman–Crippen LogP) is 2.13. The third-order valence-electron chi connectivity index (χ3n) is 6.17. The Kier molecular flexibility index (Phi) is 3.77. The van der Waals surface area contributed by atoms with E-state index in [0.29, 0.717) is 28.5 Å². The zero-order valence-corrected chi connectivity index (χ0v) is 15.6. The summed E-state index contributed by atoms with van der Waals surface area (Å²) in [6.07, 6.45) is 2.13. The largest absolute Gasteiger partial charge is 0.477 e. The van der Waals surface area contributed by atoms with Crippen LogP contribution in [0.4, 0.5) is 10.1 Å². The highest BCUT2D eigenvalue weighted by molar-refractivity contribution is 7.99. The number of benzene rings is 1. The van der Waals surface area contributed by atoms with E-state index in [1.165, 1.54) is 17.8 Å². The van der Waals surface area contributed by atoms with Crippen molar-refractivity contribution >= 4 is 34.3 Å². The van der Waals surface area contributed by atoms with E-state index in [1.807, 2.05) is 4.57 Å². The highest BCUT2D eigenvalue weighted by atomic mass is 32.2. The number of rotatable bonds is 2. The number of fused-ring (bicyclic) bond motifs is 3. The molecule has 8 heteroatoms. The summed E-state index contributed by atoms with van der Waals surface area (Å²) in [6, 6.07) is 2.97. The molecular formula is C19H20FN3O3S. The van der Waals surface area contributed by atoms with E-state index in [0.717, 1.165) is 39.0 Å². The van der Waals surface area contributed by atoms with Gasteiger partial charge in [0.1, 0.15) is 11.4 Å². The molecule has 0 aliphatic carbocycles. The molecule has 142 valence electrons. The molecule has 4 heterocycles. The Bertz CT molecular complexity index is 1030. The summed E-state index contributed by atoms with van der Waals surface area (Å²) in [4.78, 5) is 26.4. The summed E-state index contributed by atoms with van der Waals surface area (Å²) in [5.74, 6) is -0.991. The monoisotopic (exact) mass is 389 g/mol. The Morgan fingerprint density at radius 2 is 2.15 bits per heavy atom. The molecule has 0 radical (unpaired) electrons. The average molecular weight is 389 g/mol. The number of nitrogens with one attached hydrogen (secondary N) is 1. The number of pyridine rings is 1. The number of carbonyl (C=O) groups is 1. The van der Waals surface area contributed by atoms with Gasteiger partial charge in [0.15, 0.2) is 0 Å². The number of hydrogen-bond donors (Lipinski definition) is 2. The van der Waals surface area contributed by atoms with Gasteiger partial charge < -0.3 is 19.9 Å². The first-order valence-electron chi connectivity index (χ1n) is 9.21. The Hall–Kier alpha value is -2.06. The maximum Gasteiger partial charge on any atom is 0.342 e. The van der Waals surface area contributed by atoms with Crippen LogP contribution in [0.1, 0.15) is 23.2 Å². The van der Waals surface area contributed by atoms with Crippen molar-refractivity contribution in [2.24, 2.45) is 5.41 Å². The number of hydrogen-bond acceptors (Lipinski definition) is 5. The van der Waals surface area contributed by atoms with Crippen LogP contribution < -0.4 is 15.6 Å². The number of thioether (sulfide) groups is 1. The number of aromatic carboxylic acids is 1. The van der Waals surface area contributed by atoms with Crippen LogP contribution in [0, 0.1) is 11.2 Å². The molecule has 6 nitrogen and oxygen atoms in total. The van der Waals surface area contributed by atoms with Crippen molar-refractivity contribution in [3.8, 4) is 0 Å². The number of halogens is 1. The van der Waals surface area contributed by atoms with E-state index in [4.69, 9.17) is 0 Å². The van der Waals surface area contributed by atoms with E-state index < -0.39 is 17.2 Å². The van der Waals surface area contributed by atoms with Gasteiger partial charge in [-0.1, -0.05) is 0 Å². The molecule has 1 aromatic carbocycles. The molecule has 0 amide bonds. The maximum absolute atomic E-state index is 15.0. The first kappa shape index (κ1) is 17.1. The molecule has 5 rings (SSSR count). The zero-order valence-electron chi connectivity index (χ0n) is 14.8. The highest BCUT2D eigenvalue weighted by Crippen LogP contribution is 2.40. The fourth-order valence-corrected chi connectivity index (χ4v) is 5.89. The molecule has 1 atom stereocenters. The van der Waals surface area contributed by atoms with Crippen molar-refractivity contribution in [3.05, 3.63) is 33.7 Å². The third kappa shape index (κ3) is 2.50. The minimum Gasteiger partial charge on any atom is -0.477 e. The van der Waals surface area contributed by atoms with Crippen LogP contribution in [0.5, 0.6) is 0 Å². The molecule has 1 unspecified atom stereocenters. The summed E-state index contributed by atoms with van der Waals surface area (Å²) < 4.78 is 16.8. The first-order valence-corrected chi connectivity index (χ1v) is 10.2. The summed E-state index contributed by atoms with van der Waals surface area (Å²) >= 11 is 1.38. The molecule has 2 fully saturated rings. The number of aryl methyl sites for hydroxylation is 1. The fraction of sp³-hybridized carbons (Fsp3) is 0.474. The van der Waals surface area contributed by atoms with Crippen molar-refractivity contribution in [1.29, 1.82) is 0 Å². The van der Waals surface area contributed by atoms with E-state index in [2.05, 4.69) is 10.2 Å². The normalized spacial score (nSPS) is 24.3. The molecule has 0 saturated carbocycles. The van der Waals surface area contributed by atoms with Crippen molar-refractivity contribution < 1.29 is 14.3 Å². The summed E-state index contributed by atoms with van der Waals surface area (Å²) in [5, 5.41) is 13.5. The lowest BCUT2D eigenvalue weighted by Crippen LogP contribution is -2.29. The number of carboxylic acids is 1. The van der Waals surface area contributed by atoms with E-state index in [1.54, 1.807) is 6.07 Å². The molecule has 3 aliphatic heterocycles. The first-order chi connectivity index (χ1) is 13.0. The molecular weight excluding hydrogens is 369 g/mol. The number of anilines is 1. The second kappa shape index (κ2) is 5.97. The van der Waals surface area contributed by atoms with Gasteiger partial charge in [-0.05, 0) is 31.5 Å². The lowest BCUT2D eigenvalue weighted by Gasteiger charge is -2.25. The lowest BCUT2D eigenvalue weighted by atomic mass is 9.86. The van der Waals surface area contributed by atoms with Crippen molar-refractivity contribution in [2.45, 2.75) is 24.4 Å².